The van der Waals surface area contributed by atoms with Gasteiger partial charge in [0.2, 0.25) is 11.8 Å². The number of nitrogens with two attached hydrogens (primary N) is 1. The molecule has 0 bridgehead atoms. The zero-order valence-corrected chi connectivity index (χ0v) is 17.1. The summed E-state index contributed by atoms with van der Waals surface area (Å²) in [5.41, 5.74) is 6.17. The fourth-order valence-corrected chi connectivity index (χ4v) is 4.12. The number of aliphatic carboxylic acids is 1. The van der Waals surface area contributed by atoms with Crippen LogP contribution >= 0.6 is 0 Å². The smallest absolute Gasteiger partial charge is 0.327 e. The first-order valence-corrected chi connectivity index (χ1v) is 9.86. The summed E-state index contributed by atoms with van der Waals surface area (Å²) in [7, 11) is 0. The molecule has 0 saturated heterocycles. The Labute approximate surface area is 180 Å². The van der Waals surface area contributed by atoms with E-state index in [0.717, 1.165) is 0 Å². The number of hydrogen-bond donors (Lipinski definition) is 2. The topological polar surface area (TPSA) is 101 Å². The summed E-state index contributed by atoms with van der Waals surface area (Å²) >= 11 is 0. The van der Waals surface area contributed by atoms with Crippen molar-refractivity contribution in [3.63, 3.8) is 0 Å². The van der Waals surface area contributed by atoms with Crippen molar-refractivity contribution in [1.29, 1.82) is 0 Å². The molecule has 3 aromatic rings. The van der Waals surface area contributed by atoms with E-state index in [1.54, 1.807) is 0 Å². The molecule has 3 aromatic carbocycles. The standard InChI is InChI=1S/C25H24N2O4/c1-18(28)27(22(24(30)31)17-23(26)29)25(19-11-5-2-6-12-19,20-13-7-3-8-14-20)21-15-9-4-10-16-21/h2-16,22H,17H2,1H3,(H2,26,29)(H,30,31)/t22-/m0/s1. The molecule has 6 nitrogen and oxygen atoms in total. The van der Waals surface area contributed by atoms with Gasteiger partial charge in [-0.3, -0.25) is 9.59 Å². The molecule has 3 rings (SSSR count). The lowest BCUT2D eigenvalue weighted by atomic mass is 9.74. The maximum atomic E-state index is 13.1. The first kappa shape index (κ1) is 21.8. The number of carboxylic acids is 1. The highest BCUT2D eigenvalue weighted by atomic mass is 16.4. The Morgan fingerprint density at radius 1 is 0.806 bits per heavy atom. The number of rotatable bonds is 8. The molecule has 0 heterocycles. The molecule has 0 aromatic heterocycles. The average molecular weight is 416 g/mol. The van der Waals surface area contributed by atoms with Gasteiger partial charge in [0.05, 0.1) is 6.42 Å². The molecule has 1 atom stereocenters. The number of primary amides is 1. The van der Waals surface area contributed by atoms with Gasteiger partial charge in [0.15, 0.2) is 0 Å². The van der Waals surface area contributed by atoms with Crippen molar-refractivity contribution in [1.82, 2.24) is 4.90 Å². The minimum Gasteiger partial charge on any atom is -0.480 e. The van der Waals surface area contributed by atoms with Crippen molar-refractivity contribution < 1.29 is 19.5 Å². The van der Waals surface area contributed by atoms with Gasteiger partial charge in [-0.15, -0.1) is 0 Å². The molecule has 0 aliphatic carbocycles. The van der Waals surface area contributed by atoms with Crippen molar-refractivity contribution in [2.24, 2.45) is 5.73 Å². The third-order valence-corrected chi connectivity index (χ3v) is 5.27. The lowest BCUT2D eigenvalue weighted by Gasteiger charge is -2.47. The number of nitrogens with zero attached hydrogens (tertiary/aromatic N) is 1. The molecule has 0 unspecified atom stereocenters. The third kappa shape index (κ3) is 4.19. The van der Waals surface area contributed by atoms with Crippen LogP contribution < -0.4 is 5.73 Å². The lowest BCUT2D eigenvalue weighted by Crippen LogP contribution is -2.58. The van der Waals surface area contributed by atoms with Crippen LogP contribution in [-0.2, 0) is 19.9 Å². The fourth-order valence-electron chi connectivity index (χ4n) is 4.12. The first-order chi connectivity index (χ1) is 14.9. The SMILES string of the molecule is CC(=O)N([C@@H](CC(N)=O)C(=O)O)C(c1ccccc1)(c1ccccc1)c1ccccc1. The van der Waals surface area contributed by atoms with Crippen LogP contribution in [0.5, 0.6) is 0 Å². The van der Waals surface area contributed by atoms with Crippen LogP contribution in [0.4, 0.5) is 0 Å². The molecule has 0 radical (unpaired) electrons. The molecule has 0 fully saturated rings. The van der Waals surface area contributed by atoms with E-state index in [0.29, 0.717) is 16.7 Å². The molecule has 158 valence electrons. The van der Waals surface area contributed by atoms with Gasteiger partial charge in [-0.25, -0.2) is 4.79 Å². The van der Waals surface area contributed by atoms with Gasteiger partial charge < -0.3 is 15.7 Å². The molecular formula is C25H24N2O4. The Morgan fingerprint density at radius 3 is 1.42 bits per heavy atom. The van der Waals surface area contributed by atoms with E-state index in [9.17, 15) is 19.5 Å². The largest absolute Gasteiger partial charge is 0.480 e. The molecule has 0 aliphatic rings. The molecule has 0 aliphatic heterocycles. The Hall–Kier alpha value is -3.93. The molecule has 3 N–H and O–H groups in total. The van der Waals surface area contributed by atoms with Gasteiger partial charge in [-0.05, 0) is 16.7 Å². The monoisotopic (exact) mass is 416 g/mol. The Bertz CT molecular complexity index is 956. The van der Waals surface area contributed by atoms with Crippen LogP contribution in [0.15, 0.2) is 91.0 Å². The van der Waals surface area contributed by atoms with E-state index in [-0.39, 0.29) is 0 Å². The van der Waals surface area contributed by atoms with Gasteiger partial charge in [0.1, 0.15) is 11.6 Å². The second kappa shape index (κ2) is 9.26. The molecule has 2 amide bonds. The molecular weight excluding hydrogens is 392 g/mol. The second-order valence-electron chi connectivity index (χ2n) is 7.22. The van der Waals surface area contributed by atoms with Gasteiger partial charge in [-0.1, -0.05) is 91.0 Å². The zero-order valence-electron chi connectivity index (χ0n) is 17.1. The van der Waals surface area contributed by atoms with Crippen molar-refractivity contribution in [3.8, 4) is 0 Å². The van der Waals surface area contributed by atoms with Crippen molar-refractivity contribution in [2.75, 3.05) is 0 Å². The third-order valence-electron chi connectivity index (χ3n) is 5.27. The highest BCUT2D eigenvalue weighted by molar-refractivity contribution is 5.89. The summed E-state index contributed by atoms with van der Waals surface area (Å²) in [6.07, 6.45) is -0.511. The summed E-state index contributed by atoms with van der Waals surface area (Å²) in [6, 6.07) is 26.1. The summed E-state index contributed by atoms with van der Waals surface area (Å²) < 4.78 is 0. The number of benzene rings is 3. The maximum absolute atomic E-state index is 13.1. The summed E-state index contributed by atoms with van der Waals surface area (Å²) in [6.45, 7) is 1.31. The van der Waals surface area contributed by atoms with Gasteiger partial charge in [0.25, 0.3) is 0 Å². The molecule has 6 heteroatoms. The quantitative estimate of drug-likeness (QED) is 0.551. The zero-order chi connectivity index (χ0) is 22.4. The molecule has 31 heavy (non-hydrogen) atoms. The Balaban J connectivity index is 2.47. The van der Waals surface area contributed by atoms with E-state index < -0.39 is 35.8 Å². The average Bonchev–Trinajstić information content (AvgIpc) is 2.77. The normalized spacial score (nSPS) is 12.0. The number of carboxylic acid groups (broad SMARTS) is 1. The summed E-state index contributed by atoms with van der Waals surface area (Å²) in [5, 5.41) is 10.0. The van der Waals surface area contributed by atoms with Crippen LogP contribution in [0.2, 0.25) is 0 Å². The Morgan fingerprint density at radius 2 is 1.16 bits per heavy atom. The number of carbonyl (C=O) groups is 3. The lowest BCUT2D eigenvalue weighted by molar-refractivity contribution is -0.154. The predicted octanol–water partition coefficient (Wildman–Crippen LogP) is 3.16. The minimum absolute atomic E-state index is 0.495. The molecule has 0 saturated carbocycles. The fraction of sp³-hybridized carbons (Fsp3) is 0.160. The van der Waals surface area contributed by atoms with Crippen LogP contribution in [0.25, 0.3) is 0 Å². The molecule has 0 spiro atoms. The summed E-state index contributed by atoms with van der Waals surface area (Å²) in [4.78, 5) is 38.5. The van der Waals surface area contributed by atoms with Crippen LogP contribution in [0.1, 0.15) is 30.0 Å². The van der Waals surface area contributed by atoms with Gasteiger partial charge in [-0.2, -0.15) is 0 Å². The van der Waals surface area contributed by atoms with Crippen LogP contribution in [0.3, 0.4) is 0 Å². The second-order valence-corrected chi connectivity index (χ2v) is 7.22. The van der Waals surface area contributed by atoms with Gasteiger partial charge in [0, 0.05) is 6.92 Å². The van der Waals surface area contributed by atoms with Gasteiger partial charge >= 0.3 is 5.97 Å². The predicted molar refractivity (Wildman–Crippen MR) is 117 cm³/mol. The number of amides is 2. The van der Waals surface area contributed by atoms with Crippen LogP contribution in [0, 0.1) is 0 Å². The highest BCUT2D eigenvalue weighted by Gasteiger charge is 2.48. The van der Waals surface area contributed by atoms with Crippen molar-refractivity contribution in [3.05, 3.63) is 108 Å². The van der Waals surface area contributed by atoms with E-state index in [2.05, 4.69) is 0 Å². The minimum atomic E-state index is -1.46. The van der Waals surface area contributed by atoms with Crippen molar-refractivity contribution in [2.45, 2.75) is 24.9 Å². The highest BCUT2D eigenvalue weighted by Crippen LogP contribution is 2.44. The van der Waals surface area contributed by atoms with Crippen molar-refractivity contribution >= 4 is 17.8 Å². The number of carbonyl (C=O) groups excluding carboxylic acids is 2. The van der Waals surface area contributed by atoms with Crippen LogP contribution in [-0.4, -0.2) is 33.8 Å². The summed E-state index contributed by atoms with van der Waals surface area (Å²) in [5.74, 6) is -2.60. The van der Waals surface area contributed by atoms with E-state index in [1.807, 2.05) is 91.0 Å². The van der Waals surface area contributed by atoms with E-state index in [4.69, 9.17) is 5.73 Å². The Kier molecular flexibility index (Phi) is 6.50. The van der Waals surface area contributed by atoms with E-state index >= 15 is 0 Å². The number of hydrogen-bond acceptors (Lipinski definition) is 3. The first-order valence-electron chi connectivity index (χ1n) is 9.86. The maximum Gasteiger partial charge on any atom is 0.327 e. The van der Waals surface area contributed by atoms with E-state index in [1.165, 1.54) is 11.8 Å².